The number of fused-ring (bicyclic) bond motifs is 1. The quantitative estimate of drug-likeness (QED) is 0.682. The van der Waals surface area contributed by atoms with Gasteiger partial charge < -0.3 is 4.79 Å². The highest BCUT2D eigenvalue weighted by Crippen LogP contribution is 2.25. The Morgan fingerprint density at radius 1 is 1.54 bits per heavy atom. The minimum Gasteiger partial charge on any atom is -0.303 e. The van der Waals surface area contributed by atoms with Gasteiger partial charge in [0.2, 0.25) is 0 Å². The number of carbonyl (C=O) groups is 1. The molecule has 1 heterocycles. The molecule has 0 spiro atoms. The van der Waals surface area contributed by atoms with E-state index in [1.54, 1.807) is 0 Å². The summed E-state index contributed by atoms with van der Waals surface area (Å²) in [6, 6.07) is 6.00. The molecular weight excluding hydrogens is 182 g/mol. The van der Waals surface area contributed by atoms with Crippen LogP contribution in [-0.4, -0.2) is 10.7 Å². The molecular formula is C10H9NOS. The summed E-state index contributed by atoms with van der Waals surface area (Å²) in [4.78, 5) is 10.4. The molecule has 0 aliphatic carbocycles. The maximum Gasteiger partial charge on any atom is 0.124 e. The van der Waals surface area contributed by atoms with Gasteiger partial charge in [0.1, 0.15) is 6.29 Å². The number of nitrogens with zero attached hydrogens (tertiary/aromatic N) is 1. The van der Waals surface area contributed by atoms with Gasteiger partial charge in [-0.15, -0.1) is 0 Å². The summed E-state index contributed by atoms with van der Waals surface area (Å²) in [5, 5.41) is 1.17. The summed E-state index contributed by atoms with van der Waals surface area (Å²) in [6.07, 6.45) is 1.42. The van der Waals surface area contributed by atoms with E-state index < -0.39 is 0 Å². The van der Waals surface area contributed by atoms with Crippen molar-refractivity contribution in [2.24, 2.45) is 0 Å². The first-order valence-corrected chi connectivity index (χ1v) is 4.88. The summed E-state index contributed by atoms with van der Waals surface area (Å²) in [5.74, 6) is 0. The minimum absolute atomic E-state index is 0.485. The lowest BCUT2D eigenvalue weighted by Crippen LogP contribution is -1.84. The van der Waals surface area contributed by atoms with Gasteiger partial charge >= 0.3 is 0 Å². The van der Waals surface area contributed by atoms with Crippen LogP contribution >= 0.6 is 11.5 Å². The summed E-state index contributed by atoms with van der Waals surface area (Å²) in [6.45, 7) is 1.99. The van der Waals surface area contributed by atoms with Gasteiger partial charge in [-0.05, 0) is 24.0 Å². The maximum absolute atomic E-state index is 10.4. The fraction of sp³-hybridized carbons (Fsp3) is 0.200. The SMILES string of the molecule is Cc1nsc2c(CC=O)cccc12. The fourth-order valence-corrected chi connectivity index (χ4v) is 2.30. The fourth-order valence-electron chi connectivity index (χ4n) is 1.39. The van der Waals surface area contributed by atoms with Crippen molar-refractivity contribution >= 4 is 27.9 Å². The summed E-state index contributed by atoms with van der Waals surface area (Å²) >= 11 is 1.47. The second-order valence-electron chi connectivity index (χ2n) is 2.93. The highest BCUT2D eigenvalue weighted by Gasteiger charge is 2.05. The van der Waals surface area contributed by atoms with Crippen molar-refractivity contribution in [3.8, 4) is 0 Å². The van der Waals surface area contributed by atoms with Gasteiger partial charge in [0.15, 0.2) is 0 Å². The molecule has 0 fully saturated rings. The average Bonchev–Trinajstić information content (AvgIpc) is 2.50. The summed E-state index contributed by atoms with van der Waals surface area (Å²) in [7, 11) is 0. The maximum atomic E-state index is 10.4. The molecule has 2 nitrogen and oxygen atoms in total. The van der Waals surface area contributed by atoms with Crippen molar-refractivity contribution in [1.82, 2.24) is 4.37 Å². The number of aldehydes is 1. The van der Waals surface area contributed by atoms with Crippen molar-refractivity contribution in [1.29, 1.82) is 0 Å². The topological polar surface area (TPSA) is 30.0 Å². The van der Waals surface area contributed by atoms with Gasteiger partial charge in [0.25, 0.3) is 0 Å². The van der Waals surface area contributed by atoms with E-state index in [1.165, 1.54) is 16.9 Å². The zero-order valence-corrected chi connectivity index (χ0v) is 8.10. The Hall–Kier alpha value is -1.22. The van der Waals surface area contributed by atoms with Crippen LogP contribution in [0.25, 0.3) is 10.1 Å². The molecule has 0 aliphatic heterocycles. The number of aromatic nitrogens is 1. The van der Waals surface area contributed by atoms with E-state index in [9.17, 15) is 4.79 Å². The predicted octanol–water partition coefficient (Wildman–Crippen LogP) is 2.35. The zero-order chi connectivity index (χ0) is 9.26. The molecule has 2 rings (SSSR count). The Balaban J connectivity index is 2.69. The number of aryl methyl sites for hydroxylation is 1. The van der Waals surface area contributed by atoms with Crippen molar-refractivity contribution < 1.29 is 4.79 Å². The molecule has 0 saturated heterocycles. The Labute approximate surface area is 80.4 Å². The highest BCUT2D eigenvalue weighted by molar-refractivity contribution is 7.13. The van der Waals surface area contributed by atoms with Crippen LogP contribution in [0, 0.1) is 6.92 Å². The molecule has 1 aromatic heterocycles. The first kappa shape index (κ1) is 8.38. The third kappa shape index (κ3) is 1.35. The molecule has 0 N–H and O–H groups in total. The first-order valence-electron chi connectivity index (χ1n) is 4.10. The molecule has 0 unspecified atom stereocenters. The number of carbonyl (C=O) groups excluding carboxylic acids is 1. The normalized spacial score (nSPS) is 10.5. The molecule has 0 atom stereocenters. The smallest absolute Gasteiger partial charge is 0.124 e. The molecule has 3 heteroatoms. The largest absolute Gasteiger partial charge is 0.303 e. The Kier molecular flexibility index (Phi) is 2.10. The van der Waals surface area contributed by atoms with Crippen LogP contribution in [0.15, 0.2) is 18.2 Å². The number of rotatable bonds is 2. The molecule has 0 bridgehead atoms. The number of benzene rings is 1. The van der Waals surface area contributed by atoms with Crippen LogP contribution in [0.1, 0.15) is 11.3 Å². The number of hydrogen-bond donors (Lipinski definition) is 0. The van der Waals surface area contributed by atoms with Crippen LogP contribution in [0.3, 0.4) is 0 Å². The van der Waals surface area contributed by atoms with E-state index in [0.717, 1.165) is 22.2 Å². The van der Waals surface area contributed by atoms with Crippen molar-refractivity contribution in [3.05, 3.63) is 29.5 Å². The molecule has 0 saturated carbocycles. The van der Waals surface area contributed by atoms with Crippen LogP contribution in [0.4, 0.5) is 0 Å². The van der Waals surface area contributed by atoms with Crippen LogP contribution < -0.4 is 0 Å². The lowest BCUT2D eigenvalue weighted by atomic mass is 10.1. The molecule has 2 aromatic rings. The summed E-state index contributed by atoms with van der Waals surface area (Å²) in [5.41, 5.74) is 2.13. The molecule has 0 radical (unpaired) electrons. The van der Waals surface area contributed by atoms with E-state index in [4.69, 9.17) is 0 Å². The van der Waals surface area contributed by atoms with E-state index in [-0.39, 0.29) is 0 Å². The molecule has 1 aromatic carbocycles. The van der Waals surface area contributed by atoms with Crippen LogP contribution in [0.2, 0.25) is 0 Å². The van der Waals surface area contributed by atoms with Crippen molar-refractivity contribution in [3.63, 3.8) is 0 Å². The van der Waals surface area contributed by atoms with E-state index in [1.807, 2.05) is 25.1 Å². The lowest BCUT2D eigenvalue weighted by molar-refractivity contribution is -0.107. The minimum atomic E-state index is 0.485. The standard InChI is InChI=1S/C10H9NOS/c1-7-9-4-2-3-8(5-6-12)10(9)13-11-7/h2-4,6H,5H2,1H3. The van der Waals surface area contributed by atoms with E-state index >= 15 is 0 Å². The van der Waals surface area contributed by atoms with Gasteiger partial charge in [-0.2, -0.15) is 4.37 Å². The predicted molar refractivity (Wildman–Crippen MR) is 54.1 cm³/mol. The first-order chi connectivity index (χ1) is 6.33. The third-order valence-corrected chi connectivity index (χ3v) is 3.09. The Morgan fingerprint density at radius 3 is 3.15 bits per heavy atom. The second kappa shape index (κ2) is 3.26. The van der Waals surface area contributed by atoms with Crippen molar-refractivity contribution in [2.75, 3.05) is 0 Å². The molecule has 66 valence electrons. The molecule has 0 amide bonds. The van der Waals surface area contributed by atoms with Crippen LogP contribution in [0.5, 0.6) is 0 Å². The van der Waals surface area contributed by atoms with Gasteiger partial charge in [-0.25, -0.2) is 0 Å². The highest BCUT2D eigenvalue weighted by atomic mass is 32.1. The zero-order valence-electron chi connectivity index (χ0n) is 7.28. The Bertz CT molecular complexity index is 447. The van der Waals surface area contributed by atoms with Gasteiger partial charge in [0, 0.05) is 11.8 Å². The number of hydrogen-bond acceptors (Lipinski definition) is 3. The van der Waals surface area contributed by atoms with Gasteiger partial charge in [0.05, 0.1) is 10.4 Å². The summed E-state index contributed by atoms with van der Waals surface area (Å²) < 4.78 is 5.41. The van der Waals surface area contributed by atoms with E-state index in [0.29, 0.717) is 6.42 Å². The van der Waals surface area contributed by atoms with E-state index in [2.05, 4.69) is 4.37 Å². The molecule has 0 aliphatic rings. The van der Waals surface area contributed by atoms with Gasteiger partial charge in [-0.3, -0.25) is 0 Å². The van der Waals surface area contributed by atoms with Gasteiger partial charge in [-0.1, -0.05) is 18.2 Å². The Morgan fingerprint density at radius 2 is 2.38 bits per heavy atom. The molecule has 13 heavy (non-hydrogen) atoms. The van der Waals surface area contributed by atoms with Crippen molar-refractivity contribution in [2.45, 2.75) is 13.3 Å². The monoisotopic (exact) mass is 191 g/mol. The third-order valence-electron chi connectivity index (χ3n) is 2.06. The second-order valence-corrected chi connectivity index (χ2v) is 3.71. The average molecular weight is 191 g/mol. The van der Waals surface area contributed by atoms with Crippen LogP contribution in [-0.2, 0) is 11.2 Å². The lowest BCUT2D eigenvalue weighted by Gasteiger charge is -1.95.